The van der Waals surface area contributed by atoms with Crippen LogP contribution >= 0.6 is 0 Å². The van der Waals surface area contributed by atoms with E-state index in [9.17, 15) is 9.90 Å². The largest absolute Gasteiger partial charge is 0.459 e. The number of aliphatic hydroxyl groups excluding tert-OH is 1. The summed E-state index contributed by atoms with van der Waals surface area (Å²) in [6, 6.07) is 7.90. The molecule has 1 aromatic rings. The Morgan fingerprint density at radius 2 is 2.06 bits per heavy atom. The SMILES string of the molecule is C=C(C)C(=O)OCC(O)C=Cc1ccc(C)cc1. The van der Waals surface area contributed by atoms with Gasteiger partial charge in [0.2, 0.25) is 0 Å². The average molecular weight is 246 g/mol. The first-order valence-corrected chi connectivity index (χ1v) is 5.74. The lowest BCUT2D eigenvalue weighted by Crippen LogP contribution is -2.16. The van der Waals surface area contributed by atoms with Gasteiger partial charge in [-0.15, -0.1) is 0 Å². The highest BCUT2D eigenvalue weighted by molar-refractivity contribution is 5.86. The van der Waals surface area contributed by atoms with Gasteiger partial charge in [0, 0.05) is 5.57 Å². The van der Waals surface area contributed by atoms with Crippen LogP contribution in [-0.4, -0.2) is 23.8 Å². The highest BCUT2D eigenvalue weighted by atomic mass is 16.5. The summed E-state index contributed by atoms with van der Waals surface area (Å²) in [5.74, 6) is -0.488. The van der Waals surface area contributed by atoms with Gasteiger partial charge in [-0.1, -0.05) is 48.6 Å². The molecule has 1 N–H and O–H groups in total. The van der Waals surface area contributed by atoms with E-state index >= 15 is 0 Å². The Balaban J connectivity index is 2.44. The van der Waals surface area contributed by atoms with Crippen molar-refractivity contribution in [2.45, 2.75) is 20.0 Å². The van der Waals surface area contributed by atoms with E-state index in [1.807, 2.05) is 31.2 Å². The first kappa shape index (κ1) is 14.2. The predicted molar refractivity (Wildman–Crippen MR) is 72.0 cm³/mol. The highest BCUT2D eigenvalue weighted by Crippen LogP contribution is 2.06. The zero-order valence-corrected chi connectivity index (χ0v) is 10.7. The fourth-order valence-corrected chi connectivity index (χ4v) is 1.24. The van der Waals surface area contributed by atoms with Crippen LogP contribution in [0.5, 0.6) is 0 Å². The van der Waals surface area contributed by atoms with Crippen molar-refractivity contribution < 1.29 is 14.6 Å². The molecule has 0 spiro atoms. The predicted octanol–water partition coefficient (Wildman–Crippen LogP) is 2.49. The van der Waals surface area contributed by atoms with E-state index < -0.39 is 12.1 Å². The molecule has 0 aliphatic rings. The minimum Gasteiger partial charge on any atom is -0.459 e. The van der Waals surface area contributed by atoms with Gasteiger partial charge in [-0.3, -0.25) is 0 Å². The van der Waals surface area contributed by atoms with Crippen molar-refractivity contribution in [3.8, 4) is 0 Å². The summed E-state index contributed by atoms with van der Waals surface area (Å²) >= 11 is 0. The summed E-state index contributed by atoms with van der Waals surface area (Å²) in [4.78, 5) is 11.1. The lowest BCUT2D eigenvalue weighted by atomic mass is 10.1. The second-order valence-electron chi connectivity index (χ2n) is 4.22. The Bertz CT molecular complexity index is 443. The smallest absolute Gasteiger partial charge is 0.333 e. The van der Waals surface area contributed by atoms with Gasteiger partial charge in [-0.2, -0.15) is 0 Å². The molecule has 0 aliphatic carbocycles. The molecule has 0 bridgehead atoms. The Morgan fingerprint density at radius 3 is 2.61 bits per heavy atom. The molecule has 0 aliphatic heterocycles. The van der Waals surface area contributed by atoms with E-state index in [2.05, 4.69) is 6.58 Å². The van der Waals surface area contributed by atoms with Gasteiger partial charge in [-0.05, 0) is 19.4 Å². The minimum absolute atomic E-state index is 0.0615. The molecule has 96 valence electrons. The van der Waals surface area contributed by atoms with Crippen LogP contribution in [0.4, 0.5) is 0 Å². The van der Waals surface area contributed by atoms with Gasteiger partial charge < -0.3 is 9.84 Å². The summed E-state index contributed by atoms with van der Waals surface area (Å²) in [5.41, 5.74) is 2.50. The third kappa shape index (κ3) is 4.97. The van der Waals surface area contributed by atoms with Crippen molar-refractivity contribution >= 4 is 12.0 Å². The normalized spacial score (nSPS) is 12.4. The molecule has 3 heteroatoms. The molecule has 18 heavy (non-hydrogen) atoms. The van der Waals surface area contributed by atoms with Crippen LogP contribution in [0.15, 0.2) is 42.5 Å². The number of carbonyl (C=O) groups excluding carboxylic acids is 1. The number of esters is 1. The molecule has 1 unspecified atom stereocenters. The molecule has 1 aromatic carbocycles. The number of hydrogen-bond acceptors (Lipinski definition) is 3. The summed E-state index contributed by atoms with van der Waals surface area (Å²) < 4.78 is 4.83. The van der Waals surface area contributed by atoms with Gasteiger partial charge >= 0.3 is 5.97 Å². The average Bonchev–Trinajstić information content (AvgIpc) is 2.35. The first-order chi connectivity index (χ1) is 8.49. The molecule has 0 amide bonds. The minimum atomic E-state index is -0.811. The lowest BCUT2D eigenvalue weighted by Gasteiger charge is -2.07. The topological polar surface area (TPSA) is 46.5 Å². The molecular weight excluding hydrogens is 228 g/mol. The number of rotatable bonds is 5. The molecule has 1 atom stereocenters. The van der Waals surface area contributed by atoms with Crippen molar-refractivity contribution in [2.75, 3.05) is 6.61 Å². The van der Waals surface area contributed by atoms with E-state index in [0.29, 0.717) is 5.57 Å². The summed E-state index contributed by atoms with van der Waals surface area (Å²) in [5, 5.41) is 9.60. The molecule has 0 fully saturated rings. The summed E-state index contributed by atoms with van der Waals surface area (Å²) in [6.07, 6.45) is 2.57. The van der Waals surface area contributed by atoms with Crippen molar-refractivity contribution in [2.24, 2.45) is 0 Å². The number of aliphatic hydroxyl groups is 1. The van der Waals surface area contributed by atoms with Gasteiger partial charge in [0.15, 0.2) is 0 Å². The first-order valence-electron chi connectivity index (χ1n) is 5.74. The fraction of sp³-hybridized carbons (Fsp3) is 0.267. The molecule has 0 radical (unpaired) electrons. The van der Waals surface area contributed by atoms with Crippen LogP contribution < -0.4 is 0 Å². The molecule has 0 saturated carbocycles. The van der Waals surface area contributed by atoms with Crippen LogP contribution in [-0.2, 0) is 9.53 Å². The number of carbonyl (C=O) groups is 1. The third-order valence-corrected chi connectivity index (χ3v) is 2.32. The zero-order chi connectivity index (χ0) is 13.5. The van der Waals surface area contributed by atoms with Gasteiger partial charge in [0.05, 0.1) is 0 Å². The summed E-state index contributed by atoms with van der Waals surface area (Å²) in [7, 11) is 0. The van der Waals surface area contributed by atoms with Crippen LogP contribution in [0.2, 0.25) is 0 Å². The van der Waals surface area contributed by atoms with E-state index in [4.69, 9.17) is 4.74 Å². The zero-order valence-electron chi connectivity index (χ0n) is 10.7. The quantitative estimate of drug-likeness (QED) is 0.641. The van der Waals surface area contributed by atoms with Crippen LogP contribution in [0, 0.1) is 6.92 Å². The second kappa shape index (κ2) is 6.77. The van der Waals surface area contributed by atoms with Crippen LogP contribution in [0.25, 0.3) is 6.08 Å². The van der Waals surface area contributed by atoms with Crippen LogP contribution in [0.1, 0.15) is 18.1 Å². The summed E-state index contributed by atoms with van der Waals surface area (Å²) in [6.45, 7) is 6.98. The maximum absolute atomic E-state index is 11.1. The highest BCUT2D eigenvalue weighted by Gasteiger charge is 2.06. The van der Waals surface area contributed by atoms with E-state index in [1.54, 1.807) is 19.1 Å². The lowest BCUT2D eigenvalue weighted by molar-refractivity contribution is -0.141. The Hall–Kier alpha value is -1.87. The monoisotopic (exact) mass is 246 g/mol. The third-order valence-electron chi connectivity index (χ3n) is 2.32. The van der Waals surface area contributed by atoms with Crippen molar-refractivity contribution in [1.82, 2.24) is 0 Å². The van der Waals surface area contributed by atoms with Crippen LogP contribution in [0.3, 0.4) is 0 Å². The second-order valence-corrected chi connectivity index (χ2v) is 4.22. The van der Waals surface area contributed by atoms with Gasteiger partial charge in [0.25, 0.3) is 0 Å². The molecule has 0 saturated heterocycles. The Labute approximate surface area is 107 Å². The van der Waals surface area contributed by atoms with E-state index in [1.165, 1.54) is 5.56 Å². The maximum Gasteiger partial charge on any atom is 0.333 e. The van der Waals surface area contributed by atoms with Gasteiger partial charge in [0.1, 0.15) is 12.7 Å². The standard InChI is InChI=1S/C15H18O3/c1-11(2)15(17)18-10-14(16)9-8-13-6-4-12(3)5-7-13/h4-9,14,16H,1,10H2,2-3H3. The number of benzene rings is 1. The molecule has 3 nitrogen and oxygen atoms in total. The number of ether oxygens (including phenoxy) is 1. The van der Waals surface area contributed by atoms with E-state index in [-0.39, 0.29) is 6.61 Å². The van der Waals surface area contributed by atoms with Gasteiger partial charge in [-0.25, -0.2) is 4.79 Å². The van der Waals surface area contributed by atoms with Crippen molar-refractivity contribution in [3.63, 3.8) is 0 Å². The molecule has 0 aromatic heterocycles. The molecule has 1 rings (SSSR count). The number of aryl methyl sites for hydroxylation is 1. The molecule has 0 heterocycles. The maximum atomic E-state index is 11.1. The Kier molecular flexibility index (Phi) is 5.33. The fourth-order valence-electron chi connectivity index (χ4n) is 1.24. The molecular formula is C15H18O3. The van der Waals surface area contributed by atoms with E-state index in [0.717, 1.165) is 5.56 Å². The van der Waals surface area contributed by atoms with Crippen molar-refractivity contribution in [3.05, 3.63) is 53.6 Å². The Morgan fingerprint density at radius 1 is 1.44 bits per heavy atom. The van der Waals surface area contributed by atoms with Crippen molar-refractivity contribution in [1.29, 1.82) is 0 Å². The number of hydrogen-bond donors (Lipinski definition) is 1.